The zero-order chi connectivity index (χ0) is 15.5. The molecule has 0 aliphatic rings. The van der Waals surface area contributed by atoms with Crippen LogP contribution in [0.2, 0.25) is 0 Å². The average Bonchev–Trinajstić information content (AvgIpc) is 2.34. The molecule has 0 spiro atoms. The first kappa shape index (κ1) is 16.6. The van der Waals surface area contributed by atoms with Gasteiger partial charge < -0.3 is 9.47 Å². The van der Waals surface area contributed by atoms with Crippen LogP contribution in [-0.2, 0) is 10.1 Å². The molecule has 20 heavy (non-hydrogen) atoms. The number of hydrogen-bond acceptors (Lipinski definition) is 4. The first-order valence-electron chi connectivity index (χ1n) is 4.91. The normalized spacial score (nSPS) is 11.6. The SMILES string of the molecule is COC(=O)c1c(OC(F)(F)F)ncc(C(F)F)c1CBr. The summed E-state index contributed by atoms with van der Waals surface area (Å²) in [6.07, 6.45) is -7.61. The van der Waals surface area contributed by atoms with Crippen LogP contribution >= 0.6 is 15.9 Å². The predicted octanol–water partition coefficient (Wildman–Crippen LogP) is 3.60. The summed E-state index contributed by atoms with van der Waals surface area (Å²) in [5, 5.41) is -0.298. The standard InChI is InChI=1S/C10H7BrF5NO3/c1-19-9(18)6-4(2-11)5(7(12)13)3-17-8(6)20-10(14,15)16/h3,7H,2H2,1H3. The number of nitrogens with zero attached hydrogens (tertiary/aromatic N) is 1. The molecule has 1 heterocycles. The van der Waals surface area contributed by atoms with E-state index in [9.17, 15) is 26.7 Å². The van der Waals surface area contributed by atoms with Gasteiger partial charge in [0.05, 0.1) is 7.11 Å². The van der Waals surface area contributed by atoms with Gasteiger partial charge in [-0.1, -0.05) is 15.9 Å². The lowest BCUT2D eigenvalue weighted by molar-refractivity contribution is -0.276. The lowest BCUT2D eigenvalue weighted by Gasteiger charge is -2.16. The van der Waals surface area contributed by atoms with Crippen LogP contribution in [-0.4, -0.2) is 24.4 Å². The highest BCUT2D eigenvalue weighted by atomic mass is 79.9. The Bertz CT molecular complexity index is 506. The topological polar surface area (TPSA) is 48.4 Å². The van der Waals surface area contributed by atoms with E-state index in [1.54, 1.807) is 0 Å². The molecule has 0 saturated carbocycles. The monoisotopic (exact) mass is 363 g/mol. The van der Waals surface area contributed by atoms with Crippen molar-refractivity contribution in [3.8, 4) is 5.88 Å². The van der Waals surface area contributed by atoms with Crippen LogP contribution in [0.4, 0.5) is 22.0 Å². The third kappa shape index (κ3) is 3.78. The van der Waals surface area contributed by atoms with Gasteiger partial charge in [0.15, 0.2) is 0 Å². The van der Waals surface area contributed by atoms with Crippen molar-refractivity contribution < 1.29 is 36.2 Å². The van der Waals surface area contributed by atoms with Gasteiger partial charge in [-0.05, 0) is 5.56 Å². The van der Waals surface area contributed by atoms with Gasteiger partial charge in [0.25, 0.3) is 6.43 Å². The summed E-state index contributed by atoms with van der Waals surface area (Å²) in [5.41, 5.74) is -1.85. The molecule has 0 fully saturated rings. The zero-order valence-electron chi connectivity index (χ0n) is 9.80. The van der Waals surface area contributed by atoms with E-state index in [1.807, 2.05) is 0 Å². The van der Waals surface area contributed by atoms with Crippen molar-refractivity contribution >= 4 is 21.9 Å². The van der Waals surface area contributed by atoms with Gasteiger partial charge in [-0.25, -0.2) is 18.6 Å². The highest BCUT2D eigenvalue weighted by molar-refractivity contribution is 9.08. The predicted molar refractivity (Wildman–Crippen MR) is 59.8 cm³/mol. The second kappa shape index (κ2) is 6.33. The molecule has 0 aliphatic heterocycles. The molecule has 1 rings (SSSR count). The molecule has 112 valence electrons. The summed E-state index contributed by atoms with van der Waals surface area (Å²) in [5.74, 6) is -2.39. The molecule has 0 bridgehead atoms. The largest absolute Gasteiger partial charge is 0.574 e. The fourth-order valence-corrected chi connectivity index (χ4v) is 1.98. The Labute approximate surface area is 118 Å². The average molecular weight is 364 g/mol. The number of carbonyl (C=O) groups excluding carboxylic acids is 1. The maximum Gasteiger partial charge on any atom is 0.574 e. The Morgan fingerprint density at radius 1 is 1.45 bits per heavy atom. The van der Waals surface area contributed by atoms with E-state index < -0.39 is 35.8 Å². The van der Waals surface area contributed by atoms with E-state index >= 15 is 0 Å². The number of carbonyl (C=O) groups is 1. The molecule has 0 aliphatic carbocycles. The van der Waals surface area contributed by atoms with Crippen LogP contribution in [0.3, 0.4) is 0 Å². The molecule has 0 amide bonds. The van der Waals surface area contributed by atoms with Crippen LogP contribution in [0.1, 0.15) is 27.9 Å². The van der Waals surface area contributed by atoms with Gasteiger partial charge in [0.1, 0.15) is 5.56 Å². The van der Waals surface area contributed by atoms with Crippen molar-refractivity contribution in [2.24, 2.45) is 0 Å². The van der Waals surface area contributed by atoms with E-state index in [1.165, 1.54) is 0 Å². The number of aromatic nitrogens is 1. The first-order valence-corrected chi connectivity index (χ1v) is 6.03. The van der Waals surface area contributed by atoms with Crippen molar-refractivity contribution in [3.63, 3.8) is 0 Å². The van der Waals surface area contributed by atoms with Crippen LogP contribution in [0, 0.1) is 0 Å². The quantitative estimate of drug-likeness (QED) is 0.466. The lowest BCUT2D eigenvalue weighted by Crippen LogP contribution is -2.21. The molecule has 0 aromatic carbocycles. The lowest BCUT2D eigenvalue weighted by atomic mass is 10.1. The number of ether oxygens (including phenoxy) is 2. The van der Waals surface area contributed by atoms with Crippen molar-refractivity contribution in [1.29, 1.82) is 0 Å². The maximum absolute atomic E-state index is 12.8. The van der Waals surface area contributed by atoms with Gasteiger partial charge in [-0.2, -0.15) is 0 Å². The summed E-state index contributed by atoms with van der Waals surface area (Å²) in [7, 11) is 0.896. The van der Waals surface area contributed by atoms with Crippen molar-refractivity contribution in [3.05, 3.63) is 22.9 Å². The fourth-order valence-electron chi connectivity index (χ4n) is 1.38. The molecule has 0 saturated heterocycles. The summed E-state index contributed by atoms with van der Waals surface area (Å²) in [6, 6.07) is 0. The smallest absolute Gasteiger partial charge is 0.465 e. The van der Waals surface area contributed by atoms with Crippen LogP contribution < -0.4 is 4.74 Å². The second-order valence-corrected chi connectivity index (χ2v) is 3.91. The third-order valence-electron chi connectivity index (χ3n) is 2.16. The molecule has 0 radical (unpaired) electrons. The molecule has 0 N–H and O–H groups in total. The number of halogens is 6. The van der Waals surface area contributed by atoms with Gasteiger partial charge >= 0.3 is 12.3 Å². The zero-order valence-corrected chi connectivity index (χ0v) is 11.4. The van der Waals surface area contributed by atoms with Crippen molar-refractivity contribution in [2.75, 3.05) is 7.11 Å². The van der Waals surface area contributed by atoms with Crippen molar-refractivity contribution in [2.45, 2.75) is 18.1 Å². The van der Waals surface area contributed by atoms with Crippen molar-refractivity contribution in [1.82, 2.24) is 4.98 Å². The number of rotatable bonds is 4. The van der Waals surface area contributed by atoms with Crippen LogP contribution in [0.5, 0.6) is 5.88 Å². The number of hydrogen-bond donors (Lipinski definition) is 0. The summed E-state index contributed by atoms with van der Waals surface area (Å²) in [6.45, 7) is 0. The van der Waals surface area contributed by atoms with Crippen LogP contribution in [0.25, 0.3) is 0 Å². The van der Waals surface area contributed by atoms with Crippen LogP contribution in [0.15, 0.2) is 6.20 Å². The van der Waals surface area contributed by atoms with Gasteiger partial charge in [0, 0.05) is 17.1 Å². The molecular formula is C10H7BrF5NO3. The molecule has 10 heteroatoms. The molecule has 1 aromatic heterocycles. The van der Waals surface area contributed by atoms with E-state index in [0.717, 1.165) is 7.11 Å². The Morgan fingerprint density at radius 2 is 2.05 bits per heavy atom. The molecule has 1 aromatic rings. The Kier molecular flexibility index (Phi) is 5.26. The van der Waals surface area contributed by atoms with Gasteiger partial charge in [-0.3, -0.25) is 0 Å². The minimum absolute atomic E-state index is 0.298. The Hall–Kier alpha value is -1.45. The number of methoxy groups -OCH3 is 1. The fraction of sp³-hybridized carbons (Fsp3) is 0.400. The Balaban J connectivity index is 3.49. The molecule has 0 atom stereocenters. The number of esters is 1. The summed E-state index contributed by atoms with van der Waals surface area (Å²) >= 11 is 2.83. The molecular weight excluding hydrogens is 357 g/mol. The molecule has 4 nitrogen and oxygen atoms in total. The second-order valence-electron chi connectivity index (χ2n) is 3.35. The van der Waals surface area contributed by atoms with Gasteiger partial charge in [-0.15, -0.1) is 13.2 Å². The number of pyridine rings is 1. The third-order valence-corrected chi connectivity index (χ3v) is 2.72. The highest BCUT2D eigenvalue weighted by Gasteiger charge is 2.36. The number of alkyl halides is 6. The van der Waals surface area contributed by atoms with E-state index in [-0.39, 0.29) is 10.9 Å². The first-order chi connectivity index (χ1) is 9.21. The highest BCUT2D eigenvalue weighted by Crippen LogP contribution is 2.33. The summed E-state index contributed by atoms with van der Waals surface area (Å²) in [4.78, 5) is 14.6. The van der Waals surface area contributed by atoms with E-state index in [0.29, 0.717) is 6.20 Å². The maximum atomic E-state index is 12.8. The summed E-state index contributed by atoms with van der Waals surface area (Å²) < 4.78 is 70.0. The Morgan fingerprint density at radius 3 is 2.45 bits per heavy atom. The van der Waals surface area contributed by atoms with Gasteiger partial charge in [0.2, 0.25) is 5.88 Å². The molecule has 0 unspecified atom stereocenters. The van der Waals surface area contributed by atoms with E-state index in [2.05, 4.69) is 30.4 Å². The minimum atomic E-state index is -5.12. The van der Waals surface area contributed by atoms with E-state index in [4.69, 9.17) is 0 Å². The minimum Gasteiger partial charge on any atom is -0.465 e.